The minimum Gasteiger partial charge on any atom is -0.480 e. The molecule has 1 amide bonds. The third-order valence-corrected chi connectivity index (χ3v) is 5.33. The standard InChI is InChI=1S/C26H21NO3/c1-2-22(29-23-13-7-9-17-8-3-4-10-19(17)23)26(28)27-18-14-15-21-20-11-5-6-12-24(20)30-25(21)16-18/h3-16,22H,2H2,1H3,(H,27,28)/t22-/m1/s1. The van der Waals surface area contributed by atoms with Gasteiger partial charge < -0.3 is 14.5 Å². The molecule has 30 heavy (non-hydrogen) atoms. The molecule has 0 bridgehead atoms. The van der Waals surface area contributed by atoms with Crippen LogP contribution in [0.1, 0.15) is 13.3 Å². The highest BCUT2D eigenvalue weighted by molar-refractivity contribution is 6.06. The maximum Gasteiger partial charge on any atom is 0.265 e. The molecule has 4 nitrogen and oxygen atoms in total. The number of furan rings is 1. The second-order valence-electron chi connectivity index (χ2n) is 7.29. The third kappa shape index (κ3) is 3.26. The molecule has 1 aromatic heterocycles. The number of nitrogens with one attached hydrogen (secondary N) is 1. The van der Waals surface area contributed by atoms with Crippen LogP contribution in [0.4, 0.5) is 5.69 Å². The minimum atomic E-state index is -0.595. The maximum absolute atomic E-state index is 12.9. The molecule has 0 fully saturated rings. The number of anilines is 1. The van der Waals surface area contributed by atoms with Crippen molar-refractivity contribution in [1.29, 1.82) is 0 Å². The highest BCUT2D eigenvalue weighted by Crippen LogP contribution is 2.31. The molecule has 4 heteroatoms. The average molecular weight is 395 g/mol. The molecule has 1 N–H and O–H groups in total. The summed E-state index contributed by atoms with van der Waals surface area (Å²) in [6.07, 6.45) is -0.0377. The second-order valence-corrected chi connectivity index (χ2v) is 7.29. The van der Waals surface area contributed by atoms with Gasteiger partial charge in [-0.3, -0.25) is 4.79 Å². The number of benzene rings is 4. The van der Waals surface area contributed by atoms with Gasteiger partial charge in [0.1, 0.15) is 16.9 Å². The number of hydrogen-bond donors (Lipinski definition) is 1. The summed E-state index contributed by atoms with van der Waals surface area (Å²) in [5.41, 5.74) is 2.27. The van der Waals surface area contributed by atoms with E-state index in [2.05, 4.69) is 5.32 Å². The Kier molecular flexibility index (Phi) is 4.60. The smallest absolute Gasteiger partial charge is 0.265 e. The van der Waals surface area contributed by atoms with E-state index in [9.17, 15) is 4.79 Å². The maximum atomic E-state index is 12.9. The summed E-state index contributed by atoms with van der Waals surface area (Å²) in [6.45, 7) is 1.94. The van der Waals surface area contributed by atoms with Crippen LogP contribution in [0.5, 0.6) is 5.75 Å². The van der Waals surface area contributed by atoms with Gasteiger partial charge in [0.15, 0.2) is 6.10 Å². The lowest BCUT2D eigenvalue weighted by atomic mass is 10.1. The topological polar surface area (TPSA) is 51.5 Å². The van der Waals surface area contributed by atoms with E-state index in [0.717, 1.165) is 32.7 Å². The number of fused-ring (bicyclic) bond motifs is 4. The Bertz CT molecular complexity index is 1360. The Labute approximate surface area is 174 Å². The predicted octanol–water partition coefficient (Wildman–Crippen LogP) is 6.54. The third-order valence-electron chi connectivity index (χ3n) is 5.33. The Hall–Kier alpha value is -3.79. The molecule has 0 spiro atoms. The van der Waals surface area contributed by atoms with Crippen molar-refractivity contribution in [3.8, 4) is 5.75 Å². The van der Waals surface area contributed by atoms with Crippen LogP contribution in [-0.2, 0) is 4.79 Å². The Morgan fingerprint density at radius 3 is 2.47 bits per heavy atom. The summed E-state index contributed by atoms with van der Waals surface area (Å²) in [7, 11) is 0. The number of hydrogen-bond acceptors (Lipinski definition) is 3. The first-order valence-corrected chi connectivity index (χ1v) is 10.1. The van der Waals surface area contributed by atoms with Crippen LogP contribution >= 0.6 is 0 Å². The highest BCUT2D eigenvalue weighted by atomic mass is 16.5. The first-order chi connectivity index (χ1) is 14.7. The zero-order valence-corrected chi connectivity index (χ0v) is 16.6. The summed E-state index contributed by atoms with van der Waals surface area (Å²) in [5.74, 6) is 0.531. The number of ether oxygens (including phenoxy) is 1. The van der Waals surface area contributed by atoms with Crippen LogP contribution in [0.2, 0.25) is 0 Å². The van der Waals surface area contributed by atoms with Crippen molar-refractivity contribution in [3.63, 3.8) is 0 Å². The van der Waals surface area contributed by atoms with Gasteiger partial charge in [-0.25, -0.2) is 0 Å². The Morgan fingerprint density at radius 1 is 0.867 bits per heavy atom. The molecule has 0 aliphatic rings. The van der Waals surface area contributed by atoms with Gasteiger partial charge in [0.25, 0.3) is 5.91 Å². The van der Waals surface area contributed by atoms with Gasteiger partial charge in [-0.2, -0.15) is 0 Å². The number of carbonyl (C=O) groups is 1. The average Bonchev–Trinajstić information content (AvgIpc) is 3.15. The molecule has 5 rings (SSSR count). The monoisotopic (exact) mass is 395 g/mol. The SMILES string of the molecule is CC[C@@H](Oc1cccc2ccccc12)C(=O)Nc1ccc2c(c1)oc1ccccc12. The van der Waals surface area contributed by atoms with E-state index in [1.165, 1.54) is 0 Å². The fourth-order valence-corrected chi connectivity index (χ4v) is 3.80. The van der Waals surface area contributed by atoms with Gasteiger partial charge >= 0.3 is 0 Å². The summed E-state index contributed by atoms with van der Waals surface area (Å²) in [6, 6.07) is 27.5. The fraction of sp³-hybridized carbons (Fsp3) is 0.115. The van der Waals surface area contributed by atoms with Crippen molar-refractivity contribution >= 4 is 44.3 Å². The second kappa shape index (κ2) is 7.56. The van der Waals surface area contributed by atoms with Crippen molar-refractivity contribution in [2.45, 2.75) is 19.4 Å². The molecule has 0 aliphatic heterocycles. The van der Waals surface area contributed by atoms with Crippen LogP contribution in [0.15, 0.2) is 89.3 Å². The number of amides is 1. The number of carbonyl (C=O) groups excluding carboxylic acids is 1. The Morgan fingerprint density at radius 2 is 1.60 bits per heavy atom. The molecule has 0 saturated heterocycles. The molecule has 1 atom stereocenters. The zero-order chi connectivity index (χ0) is 20.5. The van der Waals surface area contributed by atoms with Gasteiger partial charge in [-0.1, -0.05) is 61.5 Å². The molecule has 1 heterocycles. The summed E-state index contributed by atoms with van der Waals surface area (Å²) in [4.78, 5) is 12.9. The molecule has 0 unspecified atom stereocenters. The van der Waals surface area contributed by atoms with E-state index in [1.54, 1.807) is 0 Å². The van der Waals surface area contributed by atoms with Crippen LogP contribution in [0.25, 0.3) is 32.7 Å². The number of rotatable bonds is 5. The minimum absolute atomic E-state index is 0.180. The lowest BCUT2D eigenvalue weighted by Gasteiger charge is -2.18. The molecule has 0 saturated carbocycles. The van der Waals surface area contributed by atoms with Crippen molar-refractivity contribution in [3.05, 3.63) is 84.9 Å². The highest BCUT2D eigenvalue weighted by Gasteiger charge is 2.20. The van der Waals surface area contributed by atoms with Crippen LogP contribution in [-0.4, -0.2) is 12.0 Å². The van der Waals surface area contributed by atoms with E-state index in [-0.39, 0.29) is 5.91 Å². The molecular formula is C26H21NO3. The molecule has 148 valence electrons. The van der Waals surface area contributed by atoms with Crippen LogP contribution < -0.4 is 10.1 Å². The van der Waals surface area contributed by atoms with Gasteiger partial charge in [-0.05, 0) is 36.1 Å². The molecule has 4 aromatic carbocycles. The van der Waals surface area contributed by atoms with Crippen LogP contribution in [0, 0.1) is 0 Å². The van der Waals surface area contributed by atoms with Gasteiger partial charge in [0.05, 0.1) is 0 Å². The molecule has 0 aliphatic carbocycles. The summed E-state index contributed by atoms with van der Waals surface area (Å²) in [5, 5.41) is 7.15. The van der Waals surface area contributed by atoms with E-state index in [0.29, 0.717) is 17.9 Å². The van der Waals surface area contributed by atoms with Gasteiger partial charge in [-0.15, -0.1) is 0 Å². The predicted molar refractivity (Wildman–Crippen MR) is 121 cm³/mol. The normalized spacial score (nSPS) is 12.3. The van der Waals surface area contributed by atoms with Crippen molar-refractivity contribution in [2.75, 3.05) is 5.32 Å². The quantitative estimate of drug-likeness (QED) is 0.368. The van der Waals surface area contributed by atoms with Crippen molar-refractivity contribution in [1.82, 2.24) is 0 Å². The van der Waals surface area contributed by atoms with E-state index < -0.39 is 6.10 Å². The van der Waals surface area contributed by atoms with E-state index in [4.69, 9.17) is 9.15 Å². The van der Waals surface area contributed by atoms with Gasteiger partial charge in [0.2, 0.25) is 0 Å². The molecule has 5 aromatic rings. The zero-order valence-electron chi connectivity index (χ0n) is 16.6. The van der Waals surface area contributed by atoms with Crippen molar-refractivity contribution in [2.24, 2.45) is 0 Å². The lowest BCUT2D eigenvalue weighted by molar-refractivity contribution is -0.122. The first-order valence-electron chi connectivity index (χ1n) is 10.1. The van der Waals surface area contributed by atoms with Crippen molar-refractivity contribution < 1.29 is 13.9 Å². The van der Waals surface area contributed by atoms with E-state index in [1.807, 2.05) is 91.9 Å². The summed E-state index contributed by atoms with van der Waals surface area (Å²) >= 11 is 0. The number of para-hydroxylation sites is 1. The molecule has 0 radical (unpaired) electrons. The lowest BCUT2D eigenvalue weighted by Crippen LogP contribution is -2.32. The summed E-state index contributed by atoms with van der Waals surface area (Å²) < 4.78 is 12.0. The van der Waals surface area contributed by atoms with Crippen LogP contribution in [0.3, 0.4) is 0 Å². The van der Waals surface area contributed by atoms with Gasteiger partial charge in [0, 0.05) is 27.9 Å². The van der Waals surface area contributed by atoms with E-state index >= 15 is 0 Å². The Balaban J connectivity index is 1.39. The molecular weight excluding hydrogens is 374 g/mol. The fourth-order valence-electron chi connectivity index (χ4n) is 3.80. The first kappa shape index (κ1) is 18.3. The largest absolute Gasteiger partial charge is 0.480 e.